The lowest BCUT2D eigenvalue weighted by Crippen LogP contribution is -2.39. The van der Waals surface area contributed by atoms with Crippen LogP contribution in [0.15, 0.2) is 42.5 Å². The standard InChI is InChI=1S/C32H51NO8SSi2/c1-38-32(35)21-26(25-11-13-27(14-12-25)41-31-16-15-28-29(31)9-8-10-30(28)34)22-42(36,37)33(23-39-17-19-43(2,3)4)24-40-18-20-44(5,6)7/h8-14,26,31,34H,15-24H2,1-7H3/t26?,31-/m1/s1. The van der Waals surface area contributed by atoms with Crippen molar-refractivity contribution < 1.29 is 37.3 Å². The molecular weight excluding hydrogens is 615 g/mol. The molecule has 0 saturated heterocycles. The van der Waals surface area contributed by atoms with E-state index in [1.54, 1.807) is 30.3 Å². The Morgan fingerprint density at radius 1 is 0.955 bits per heavy atom. The molecule has 1 N–H and O–H groups in total. The lowest BCUT2D eigenvalue weighted by atomic mass is 9.97. The average molecular weight is 666 g/mol. The van der Waals surface area contributed by atoms with Crippen molar-refractivity contribution >= 4 is 32.1 Å². The van der Waals surface area contributed by atoms with Crippen LogP contribution in [0.4, 0.5) is 0 Å². The minimum atomic E-state index is -3.88. The van der Waals surface area contributed by atoms with Crippen LogP contribution in [-0.4, -0.2) is 79.5 Å². The number of benzene rings is 2. The highest BCUT2D eigenvalue weighted by atomic mass is 32.2. The SMILES string of the molecule is COC(=O)CC(CS(=O)(=O)N(COCC[Si](C)(C)C)COCC[Si](C)(C)C)c1ccc(O[C@@H]2CCc3c(O)cccc32)cc1. The number of sulfonamides is 1. The molecule has 0 fully saturated rings. The predicted molar refractivity (Wildman–Crippen MR) is 179 cm³/mol. The molecule has 2 aromatic rings. The fraction of sp³-hybridized carbons (Fsp3) is 0.594. The maximum Gasteiger partial charge on any atom is 0.306 e. The maximum absolute atomic E-state index is 13.8. The van der Waals surface area contributed by atoms with Crippen LogP contribution < -0.4 is 4.74 Å². The Labute approximate surface area is 265 Å². The highest BCUT2D eigenvalue weighted by Gasteiger charge is 2.31. The highest BCUT2D eigenvalue weighted by Crippen LogP contribution is 2.39. The minimum Gasteiger partial charge on any atom is -0.508 e. The molecule has 12 heteroatoms. The number of fused-ring (bicyclic) bond motifs is 1. The average Bonchev–Trinajstić information content (AvgIpc) is 3.34. The third kappa shape index (κ3) is 11.6. The van der Waals surface area contributed by atoms with Crippen molar-refractivity contribution in [2.45, 2.75) is 82.7 Å². The number of phenolic OH excluding ortho intramolecular Hbond substituents is 1. The Morgan fingerprint density at radius 3 is 2.09 bits per heavy atom. The number of methoxy groups -OCH3 is 1. The van der Waals surface area contributed by atoms with Crippen molar-refractivity contribution in [1.29, 1.82) is 0 Å². The molecular formula is C32H51NO8SSi2. The molecule has 0 spiro atoms. The Balaban J connectivity index is 1.74. The first-order valence-corrected chi connectivity index (χ1v) is 24.4. The number of carbonyl (C=O) groups is 1. The molecule has 9 nitrogen and oxygen atoms in total. The second kappa shape index (κ2) is 15.9. The van der Waals surface area contributed by atoms with Gasteiger partial charge < -0.3 is 24.1 Å². The van der Waals surface area contributed by atoms with Crippen molar-refractivity contribution in [3.63, 3.8) is 0 Å². The van der Waals surface area contributed by atoms with Crippen molar-refractivity contribution in [2.75, 3.05) is 39.5 Å². The lowest BCUT2D eigenvalue weighted by molar-refractivity contribution is -0.140. The molecule has 0 amide bonds. The molecule has 3 rings (SSSR count). The highest BCUT2D eigenvalue weighted by molar-refractivity contribution is 7.89. The first kappa shape index (κ1) is 36.2. The molecule has 0 saturated carbocycles. The zero-order valence-electron chi connectivity index (χ0n) is 27.4. The van der Waals surface area contributed by atoms with Gasteiger partial charge in [0.1, 0.15) is 31.1 Å². The van der Waals surface area contributed by atoms with E-state index >= 15 is 0 Å². The smallest absolute Gasteiger partial charge is 0.306 e. The lowest BCUT2D eigenvalue weighted by Gasteiger charge is -2.26. The van der Waals surface area contributed by atoms with Crippen molar-refractivity contribution in [2.24, 2.45) is 0 Å². The monoisotopic (exact) mass is 665 g/mol. The van der Waals surface area contributed by atoms with Crippen molar-refractivity contribution in [3.8, 4) is 11.5 Å². The van der Waals surface area contributed by atoms with Crippen molar-refractivity contribution in [3.05, 3.63) is 59.2 Å². The number of ether oxygens (including phenoxy) is 4. The number of hydrogen-bond acceptors (Lipinski definition) is 8. The van der Waals surface area contributed by atoms with Crippen LogP contribution in [0, 0.1) is 0 Å². The van der Waals surface area contributed by atoms with Crippen LogP contribution in [-0.2, 0) is 35.4 Å². The fourth-order valence-corrected chi connectivity index (χ4v) is 7.92. The summed E-state index contributed by atoms with van der Waals surface area (Å²) >= 11 is 0. The Morgan fingerprint density at radius 2 is 1.55 bits per heavy atom. The van der Waals surface area contributed by atoms with Gasteiger partial charge in [-0.15, -0.1) is 0 Å². The van der Waals surface area contributed by atoms with E-state index in [9.17, 15) is 18.3 Å². The summed E-state index contributed by atoms with van der Waals surface area (Å²) in [5.74, 6) is -0.517. The first-order chi connectivity index (χ1) is 20.6. The zero-order chi connectivity index (χ0) is 32.5. The number of aromatic hydroxyl groups is 1. The number of rotatable bonds is 18. The van der Waals surface area contributed by atoms with E-state index in [0.29, 0.717) is 24.5 Å². The molecule has 44 heavy (non-hydrogen) atoms. The van der Waals surface area contributed by atoms with Gasteiger partial charge >= 0.3 is 5.97 Å². The van der Waals surface area contributed by atoms with Crippen LogP contribution in [0.5, 0.6) is 11.5 Å². The molecule has 0 aromatic heterocycles. The van der Waals surface area contributed by atoms with E-state index in [-0.39, 0.29) is 37.5 Å². The number of hydrogen-bond donors (Lipinski definition) is 1. The van der Waals surface area contributed by atoms with Gasteiger partial charge in [-0.1, -0.05) is 63.5 Å². The van der Waals surface area contributed by atoms with Crippen LogP contribution in [0.1, 0.15) is 41.6 Å². The number of nitrogens with zero attached hydrogens (tertiary/aromatic N) is 1. The normalized spacial score (nSPS) is 16.1. The Bertz CT molecular complexity index is 1300. The van der Waals surface area contributed by atoms with Gasteiger partial charge in [0.15, 0.2) is 0 Å². The topological polar surface area (TPSA) is 112 Å². The molecule has 0 radical (unpaired) electrons. The van der Waals surface area contributed by atoms with E-state index in [1.165, 1.54) is 11.4 Å². The van der Waals surface area contributed by atoms with E-state index in [1.807, 2.05) is 12.1 Å². The number of carbonyl (C=O) groups excluding carboxylic acids is 1. The van der Waals surface area contributed by atoms with Gasteiger partial charge in [0, 0.05) is 40.8 Å². The van der Waals surface area contributed by atoms with Crippen LogP contribution >= 0.6 is 0 Å². The minimum absolute atomic E-state index is 0.0913. The van der Waals surface area contributed by atoms with Gasteiger partial charge in [-0.25, -0.2) is 8.42 Å². The van der Waals surface area contributed by atoms with E-state index < -0.39 is 38.1 Å². The molecule has 1 aliphatic rings. The van der Waals surface area contributed by atoms with Crippen LogP contribution in [0.3, 0.4) is 0 Å². The quantitative estimate of drug-likeness (QED) is 0.0848. The van der Waals surface area contributed by atoms with Gasteiger partial charge in [-0.05, 0) is 54.3 Å². The summed E-state index contributed by atoms with van der Waals surface area (Å²) in [6.45, 7) is 14.2. The number of phenols is 1. The van der Waals surface area contributed by atoms with Crippen LogP contribution in [0.2, 0.25) is 51.4 Å². The van der Waals surface area contributed by atoms with Gasteiger partial charge in [0.05, 0.1) is 19.3 Å². The summed E-state index contributed by atoms with van der Waals surface area (Å²) in [4.78, 5) is 12.4. The third-order valence-corrected chi connectivity index (χ3v) is 13.0. The summed E-state index contributed by atoms with van der Waals surface area (Å²) in [5, 5.41) is 10.2. The van der Waals surface area contributed by atoms with E-state index in [4.69, 9.17) is 18.9 Å². The molecule has 0 heterocycles. The van der Waals surface area contributed by atoms with Crippen LogP contribution in [0.25, 0.3) is 0 Å². The Kier molecular flexibility index (Phi) is 13.1. The van der Waals surface area contributed by atoms with E-state index in [2.05, 4.69) is 39.3 Å². The molecule has 0 bridgehead atoms. The molecule has 0 aliphatic heterocycles. The third-order valence-electron chi connectivity index (χ3n) is 7.73. The van der Waals surface area contributed by atoms with Gasteiger partial charge in [0.2, 0.25) is 10.0 Å². The summed E-state index contributed by atoms with van der Waals surface area (Å²) in [5.41, 5.74) is 2.58. The molecule has 1 aliphatic carbocycles. The molecule has 2 atom stereocenters. The number of esters is 1. The second-order valence-corrected chi connectivity index (χ2v) is 27.2. The summed E-state index contributed by atoms with van der Waals surface area (Å²) in [7, 11) is -5.28. The largest absolute Gasteiger partial charge is 0.508 e. The van der Waals surface area contributed by atoms with Gasteiger partial charge in [0.25, 0.3) is 0 Å². The zero-order valence-corrected chi connectivity index (χ0v) is 30.2. The summed E-state index contributed by atoms with van der Waals surface area (Å²) in [6, 6.07) is 14.5. The first-order valence-electron chi connectivity index (χ1n) is 15.4. The predicted octanol–water partition coefficient (Wildman–Crippen LogP) is 6.36. The molecule has 246 valence electrons. The molecule has 2 aromatic carbocycles. The molecule has 1 unspecified atom stereocenters. The van der Waals surface area contributed by atoms with Gasteiger partial charge in [-0.2, -0.15) is 4.31 Å². The fourth-order valence-electron chi connectivity index (χ4n) is 4.91. The van der Waals surface area contributed by atoms with Crippen molar-refractivity contribution in [1.82, 2.24) is 4.31 Å². The summed E-state index contributed by atoms with van der Waals surface area (Å²) in [6.07, 6.45) is 1.23. The Hall–Kier alpha value is -2.23. The second-order valence-electron chi connectivity index (χ2n) is 14.0. The maximum atomic E-state index is 13.8. The van der Waals surface area contributed by atoms with E-state index in [0.717, 1.165) is 36.1 Å². The summed E-state index contributed by atoms with van der Waals surface area (Å²) < 4.78 is 51.7. The van der Waals surface area contributed by atoms with Gasteiger partial charge in [-0.3, -0.25) is 4.79 Å².